The minimum atomic E-state index is -4.97. The van der Waals surface area contributed by atoms with Crippen LogP contribution in [0.2, 0.25) is 0 Å². The van der Waals surface area contributed by atoms with E-state index in [9.17, 15) is 43.2 Å². The van der Waals surface area contributed by atoms with E-state index in [2.05, 4.69) is 41.5 Å². The standard InChI is InChI=1S/C92H180O17P2/c1-7-9-11-13-15-17-19-21-23-25-27-29-31-33-35-40-44-48-52-56-64-70-76-91(96)108-87(80-102-89(94)74-68-62-55-51-47-43-39-34-32-30-28-26-24-22-20-18-16-14-12-10-8-2)82-106-110(98,99)104-78-86(93)79-105-111(100,101)107-83-88(81-103-90(95)75-69-63-59-58-61-67-73-85(5)6)109-92(97)77-71-65-57-53-49-45-41-37-36-38-42-46-50-54-60-66-72-84(3)4/h84-88,93H,7-83H2,1-6H3,(H,98,99)(H,100,101)/t86-,87-,88-/m1/s1. The molecule has 0 aromatic heterocycles. The fraction of sp³-hybridized carbons (Fsp3) is 0.957. The molecule has 0 saturated heterocycles. The van der Waals surface area contributed by atoms with Crippen molar-refractivity contribution in [3.63, 3.8) is 0 Å². The van der Waals surface area contributed by atoms with E-state index in [4.69, 9.17) is 37.0 Å². The lowest BCUT2D eigenvalue weighted by molar-refractivity contribution is -0.161. The van der Waals surface area contributed by atoms with E-state index >= 15 is 0 Å². The van der Waals surface area contributed by atoms with Crippen molar-refractivity contribution in [2.24, 2.45) is 11.8 Å². The highest BCUT2D eigenvalue weighted by atomic mass is 31.2. The minimum absolute atomic E-state index is 0.107. The van der Waals surface area contributed by atoms with E-state index in [1.807, 2.05) is 0 Å². The molecule has 5 atom stereocenters. The van der Waals surface area contributed by atoms with Gasteiger partial charge in [0.15, 0.2) is 12.2 Å². The van der Waals surface area contributed by atoms with E-state index in [1.165, 1.54) is 308 Å². The zero-order valence-corrected chi connectivity index (χ0v) is 75.1. The molecule has 111 heavy (non-hydrogen) atoms. The van der Waals surface area contributed by atoms with Crippen molar-refractivity contribution >= 4 is 39.5 Å². The van der Waals surface area contributed by atoms with Crippen LogP contribution in [0.4, 0.5) is 0 Å². The Hall–Kier alpha value is -1.94. The lowest BCUT2D eigenvalue weighted by Crippen LogP contribution is -2.30. The Kier molecular flexibility index (Phi) is 81.7. The summed E-state index contributed by atoms with van der Waals surface area (Å²) in [6.45, 7) is 9.65. The molecule has 0 aliphatic carbocycles. The zero-order chi connectivity index (χ0) is 81.3. The molecule has 0 fully saturated rings. The monoisotopic (exact) mass is 1620 g/mol. The van der Waals surface area contributed by atoms with Gasteiger partial charge in [-0.05, 0) is 37.5 Å². The predicted octanol–water partition coefficient (Wildman–Crippen LogP) is 28.6. The smallest absolute Gasteiger partial charge is 0.462 e. The number of hydrogen-bond donors (Lipinski definition) is 3. The van der Waals surface area contributed by atoms with Crippen LogP contribution in [0.3, 0.4) is 0 Å². The lowest BCUT2D eigenvalue weighted by Gasteiger charge is -2.21. The van der Waals surface area contributed by atoms with Crippen LogP contribution in [-0.2, 0) is 65.4 Å². The first kappa shape index (κ1) is 109. The van der Waals surface area contributed by atoms with Crippen LogP contribution in [0.5, 0.6) is 0 Å². The second-order valence-electron chi connectivity index (χ2n) is 34.0. The van der Waals surface area contributed by atoms with Crippen LogP contribution >= 0.6 is 15.6 Å². The first-order valence-electron chi connectivity index (χ1n) is 47.5. The van der Waals surface area contributed by atoms with Crippen molar-refractivity contribution in [3.8, 4) is 0 Å². The first-order chi connectivity index (χ1) is 53.9. The largest absolute Gasteiger partial charge is 0.472 e. The topological polar surface area (TPSA) is 237 Å². The second-order valence-corrected chi connectivity index (χ2v) is 36.9. The number of carbonyl (C=O) groups excluding carboxylic acids is 4. The summed E-state index contributed by atoms with van der Waals surface area (Å²) in [5, 5.41) is 10.7. The molecule has 0 spiro atoms. The summed E-state index contributed by atoms with van der Waals surface area (Å²) in [6, 6.07) is 0. The third-order valence-electron chi connectivity index (χ3n) is 21.7. The summed E-state index contributed by atoms with van der Waals surface area (Å²) in [7, 11) is -9.93. The number of hydrogen-bond acceptors (Lipinski definition) is 15. The highest BCUT2D eigenvalue weighted by Crippen LogP contribution is 2.45. The van der Waals surface area contributed by atoms with Gasteiger partial charge in [-0.15, -0.1) is 0 Å². The third kappa shape index (κ3) is 85.8. The van der Waals surface area contributed by atoms with E-state index < -0.39 is 97.5 Å². The van der Waals surface area contributed by atoms with Gasteiger partial charge in [0.1, 0.15) is 19.3 Å². The molecule has 19 heteroatoms. The van der Waals surface area contributed by atoms with Crippen molar-refractivity contribution in [2.75, 3.05) is 39.6 Å². The number of aliphatic hydroxyl groups excluding tert-OH is 1. The maximum atomic E-state index is 13.2. The van der Waals surface area contributed by atoms with Gasteiger partial charge in [-0.3, -0.25) is 37.3 Å². The molecule has 0 aromatic carbocycles. The van der Waals surface area contributed by atoms with Crippen LogP contribution in [0.15, 0.2) is 0 Å². The normalized spacial score (nSPS) is 13.7. The van der Waals surface area contributed by atoms with Gasteiger partial charge in [0.25, 0.3) is 0 Å². The Morgan fingerprint density at radius 3 is 0.613 bits per heavy atom. The molecule has 0 amide bonds. The third-order valence-corrected chi connectivity index (χ3v) is 23.6. The number of rotatable bonds is 91. The predicted molar refractivity (Wildman–Crippen MR) is 460 cm³/mol. The Morgan fingerprint density at radius 2 is 0.414 bits per heavy atom. The molecule has 0 aromatic rings. The summed E-state index contributed by atoms with van der Waals surface area (Å²) in [5.74, 6) is -0.611. The van der Waals surface area contributed by atoms with Crippen LogP contribution in [0.25, 0.3) is 0 Å². The molecule has 0 aliphatic heterocycles. The molecular weight excluding hydrogens is 1440 g/mol. The van der Waals surface area contributed by atoms with Gasteiger partial charge in [0.2, 0.25) is 0 Å². The quantitative estimate of drug-likeness (QED) is 0.0222. The lowest BCUT2D eigenvalue weighted by atomic mass is 10.0. The van der Waals surface area contributed by atoms with Crippen molar-refractivity contribution in [2.45, 2.75) is 516 Å². The van der Waals surface area contributed by atoms with Gasteiger partial charge in [-0.1, -0.05) is 446 Å². The number of phosphoric acid groups is 2. The van der Waals surface area contributed by atoms with Gasteiger partial charge in [0.05, 0.1) is 26.4 Å². The number of esters is 4. The first-order valence-corrected chi connectivity index (χ1v) is 50.5. The van der Waals surface area contributed by atoms with Crippen molar-refractivity contribution in [1.82, 2.24) is 0 Å². The van der Waals surface area contributed by atoms with Crippen LogP contribution in [-0.4, -0.2) is 96.7 Å². The number of unbranched alkanes of at least 4 members (excludes halogenated alkanes) is 61. The van der Waals surface area contributed by atoms with Crippen LogP contribution in [0.1, 0.15) is 497 Å². The van der Waals surface area contributed by atoms with Crippen molar-refractivity contribution in [1.29, 1.82) is 0 Å². The molecule has 0 radical (unpaired) electrons. The Morgan fingerprint density at radius 1 is 0.243 bits per heavy atom. The number of phosphoric ester groups is 2. The summed E-state index contributed by atoms with van der Waals surface area (Å²) in [5.41, 5.74) is 0. The molecule has 3 N–H and O–H groups in total. The van der Waals surface area contributed by atoms with Gasteiger partial charge < -0.3 is 33.8 Å². The Balaban J connectivity index is 5.19. The summed E-state index contributed by atoms with van der Waals surface area (Å²) < 4.78 is 69.0. The minimum Gasteiger partial charge on any atom is -0.462 e. The Bertz CT molecular complexity index is 2120. The summed E-state index contributed by atoms with van der Waals surface area (Å²) >= 11 is 0. The molecular formula is C92H180O17P2. The van der Waals surface area contributed by atoms with Gasteiger partial charge in [-0.2, -0.15) is 0 Å². The number of carbonyl (C=O) groups is 4. The highest BCUT2D eigenvalue weighted by molar-refractivity contribution is 7.47. The summed E-state index contributed by atoms with van der Waals surface area (Å²) in [6.07, 6.45) is 78.3. The fourth-order valence-electron chi connectivity index (χ4n) is 14.5. The van der Waals surface area contributed by atoms with Crippen LogP contribution < -0.4 is 0 Å². The highest BCUT2D eigenvalue weighted by Gasteiger charge is 2.31. The van der Waals surface area contributed by atoms with E-state index in [0.717, 1.165) is 102 Å². The average molecular weight is 1620 g/mol. The number of aliphatic hydroxyl groups is 1. The van der Waals surface area contributed by atoms with Crippen molar-refractivity contribution in [3.05, 3.63) is 0 Å². The molecule has 0 rings (SSSR count). The van der Waals surface area contributed by atoms with Gasteiger partial charge in [0, 0.05) is 25.7 Å². The van der Waals surface area contributed by atoms with Crippen molar-refractivity contribution < 1.29 is 80.2 Å². The average Bonchev–Trinajstić information content (AvgIpc) is 0.899. The molecule has 2 unspecified atom stereocenters. The molecule has 0 saturated carbocycles. The second kappa shape index (κ2) is 83.1. The maximum Gasteiger partial charge on any atom is 0.472 e. The fourth-order valence-corrected chi connectivity index (χ4v) is 16.1. The van der Waals surface area contributed by atoms with E-state index in [0.29, 0.717) is 31.6 Å². The molecule has 0 bridgehead atoms. The van der Waals surface area contributed by atoms with E-state index in [-0.39, 0.29) is 25.7 Å². The Labute approximate surface area is 683 Å². The molecule has 17 nitrogen and oxygen atoms in total. The molecule has 0 aliphatic rings. The SMILES string of the molecule is CCCCCCCCCCCCCCCCCCCCCCCCC(=O)O[C@H](COC(=O)CCCCCCCCCCCCCCCCCCCCCCC)COP(=O)(O)OC[C@@H](O)COP(=O)(O)OC[C@@H](COC(=O)CCCCCCCCC(C)C)OC(=O)CCCCCCCCCCCCCCCCCCC(C)C. The van der Waals surface area contributed by atoms with E-state index in [1.54, 1.807) is 0 Å². The summed E-state index contributed by atoms with van der Waals surface area (Å²) in [4.78, 5) is 73.4. The zero-order valence-electron chi connectivity index (χ0n) is 73.3. The van der Waals surface area contributed by atoms with Crippen LogP contribution in [0, 0.1) is 11.8 Å². The van der Waals surface area contributed by atoms with Gasteiger partial charge >= 0.3 is 39.5 Å². The van der Waals surface area contributed by atoms with Gasteiger partial charge in [-0.25, -0.2) is 9.13 Å². The maximum absolute atomic E-state index is 13.2. The molecule has 660 valence electrons. The number of ether oxygens (including phenoxy) is 4. The molecule has 0 heterocycles.